The molecule has 1 aliphatic carbocycles. The molecule has 0 amide bonds. The number of nitrogens with two attached hydrogens (primary N) is 2. The Hall–Kier alpha value is -2.28. The number of guanidine groups is 2. The number of aromatic hydroxyl groups is 1. The highest BCUT2D eigenvalue weighted by atomic mass is 16.3. The van der Waals surface area contributed by atoms with E-state index < -0.39 is 5.66 Å². The molecule has 26 heavy (non-hydrogen) atoms. The van der Waals surface area contributed by atoms with Crippen LogP contribution < -0.4 is 16.4 Å². The summed E-state index contributed by atoms with van der Waals surface area (Å²) in [5.74, 6) is 0.926. The van der Waals surface area contributed by atoms with E-state index in [0.717, 1.165) is 50.0 Å². The van der Waals surface area contributed by atoms with Gasteiger partial charge in [-0.2, -0.15) is 4.99 Å². The van der Waals surface area contributed by atoms with Crippen molar-refractivity contribution >= 4 is 17.6 Å². The van der Waals surface area contributed by atoms with E-state index in [2.05, 4.69) is 23.7 Å². The van der Waals surface area contributed by atoms with Crippen LogP contribution in [0.3, 0.4) is 0 Å². The van der Waals surface area contributed by atoms with Gasteiger partial charge in [-0.3, -0.25) is 9.80 Å². The van der Waals surface area contributed by atoms with Crippen molar-refractivity contribution in [1.82, 2.24) is 4.90 Å². The lowest BCUT2D eigenvalue weighted by atomic mass is 9.87. The van der Waals surface area contributed by atoms with Gasteiger partial charge in [-0.1, -0.05) is 20.3 Å². The summed E-state index contributed by atoms with van der Waals surface area (Å²) < 4.78 is 0. The molecule has 0 unspecified atom stereocenters. The van der Waals surface area contributed by atoms with Gasteiger partial charge in [0.25, 0.3) is 0 Å². The van der Waals surface area contributed by atoms with Gasteiger partial charge in [0.15, 0.2) is 0 Å². The standard InChI is InChI=1S/C19H30N6O/c1-3-24(4-2)13-14-12-15(8-9-16(14)26)25-18(21)22-17(20)23-19(25)10-6-5-7-11-19/h8-9,12,26H,3-7,10-11,13H2,1-2H3,(H4,20,21,22,23). The van der Waals surface area contributed by atoms with Crippen LogP contribution in [0.15, 0.2) is 28.2 Å². The Kier molecular flexibility index (Phi) is 5.36. The second kappa shape index (κ2) is 7.53. The lowest BCUT2D eigenvalue weighted by Crippen LogP contribution is -2.58. The third kappa shape index (κ3) is 3.49. The lowest BCUT2D eigenvalue weighted by Gasteiger charge is -2.45. The van der Waals surface area contributed by atoms with Gasteiger partial charge in [-0.25, -0.2) is 4.99 Å². The van der Waals surface area contributed by atoms with Gasteiger partial charge >= 0.3 is 0 Å². The Balaban J connectivity index is 1.99. The summed E-state index contributed by atoms with van der Waals surface area (Å²) in [5, 5.41) is 10.3. The van der Waals surface area contributed by atoms with Gasteiger partial charge in [0.2, 0.25) is 11.9 Å². The molecule has 1 aromatic carbocycles. The molecule has 5 N–H and O–H groups in total. The molecule has 1 saturated carbocycles. The number of hydrogen-bond donors (Lipinski definition) is 3. The SMILES string of the molecule is CCN(CC)Cc1cc(N2C(N)=NC(N)=NC23CCCCC3)ccc1O. The number of rotatable bonds is 5. The Bertz CT molecular complexity index is 704. The van der Waals surface area contributed by atoms with Crippen molar-refractivity contribution in [3.63, 3.8) is 0 Å². The van der Waals surface area contributed by atoms with E-state index in [4.69, 9.17) is 16.5 Å². The van der Waals surface area contributed by atoms with Crippen LogP contribution >= 0.6 is 0 Å². The van der Waals surface area contributed by atoms with E-state index in [1.165, 1.54) is 6.42 Å². The Morgan fingerprint density at radius 1 is 1.15 bits per heavy atom. The van der Waals surface area contributed by atoms with Gasteiger partial charge in [0.05, 0.1) is 0 Å². The van der Waals surface area contributed by atoms with Crippen LogP contribution in [0.1, 0.15) is 51.5 Å². The van der Waals surface area contributed by atoms with E-state index in [9.17, 15) is 5.11 Å². The van der Waals surface area contributed by atoms with Crippen molar-refractivity contribution in [3.05, 3.63) is 23.8 Å². The molecule has 142 valence electrons. The predicted molar refractivity (Wildman–Crippen MR) is 106 cm³/mol. The monoisotopic (exact) mass is 358 g/mol. The van der Waals surface area contributed by atoms with Crippen LogP contribution in [0.25, 0.3) is 0 Å². The summed E-state index contributed by atoms with van der Waals surface area (Å²) >= 11 is 0. The minimum Gasteiger partial charge on any atom is -0.508 e. The molecule has 0 aromatic heterocycles. The topological polar surface area (TPSA) is 103 Å². The van der Waals surface area contributed by atoms with E-state index in [-0.39, 0.29) is 5.96 Å². The fourth-order valence-electron chi connectivity index (χ4n) is 4.02. The molecule has 3 rings (SSSR count). The van der Waals surface area contributed by atoms with Crippen LogP contribution in [0.2, 0.25) is 0 Å². The highest BCUT2D eigenvalue weighted by Crippen LogP contribution is 2.40. The van der Waals surface area contributed by atoms with Crippen molar-refractivity contribution in [2.24, 2.45) is 21.5 Å². The quantitative estimate of drug-likeness (QED) is 0.749. The summed E-state index contributed by atoms with van der Waals surface area (Å²) in [5.41, 5.74) is 13.6. The Labute approximate surface area is 155 Å². The molecule has 0 atom stereocenters. The maximum absolute atomic E-state index is 10.3. The highest BCUT2D eigenvalue weighted by molar-refractivity contribution is 6.05. The van der Waals surface area contributed by atoms with E-state index in [1.807, 2.05) is 17.0 Å². The van der Waals surface area contributed by atoms with Crippen LogP contribution in [0.5, 0.6) is 5.75 Å². The first-order valence-corrected chi connectivity index (χ1v) is 9.53. The maximum Gasteiger partial charge on any atom is 0.220 e. The van der Waals surface area contributed by atoms with E-state index >= 15 is 0 Å². The van der Waals surface area contributed by atoms with Crippen molar-refractivity contribution in [1.29, 1.82) is 0 Å². The molecule has 1 aliphatic heterocycles. The molecule has 2 aliphatic rings. The molecule has 1 spiro atoms. The van der Waals surface area contributed by atoms with E-state index in [1.54, 1.807) is 6.07 Å². The third-order valence-corrected chi connectivity index (χ3v) is 5.46. The van der Waals surface area contributed by atoms with E-state index in [0.29, 0.717) is 18.3 Å². The van der Waals surface area contributed by atoms with Gasteiger partial charge < -0.3 is 16.6 Å². The summed E-state index contributed by atoms with van der Waals surface area (Å²) in [6.45, 7) is 6.79. The molecule has 1 heterocycles. The van der Waals surface area contributed by atoms with Crippen molar-refractivity contribution in [2.75, 3.05) is 18.0 Å². The number of hydrogen-bond acceptors (Lipinski definition) is 7. The molecule has 7 nitrogen and oxygen atoms in total. The van der Waals surface area contributed by atoms with Crippen molar-refractivity contribution < 1.29 is 5.11 Å². The smallest absolute Gasteiger partial charge is 0.220 e. The van der Waals surface area contributed by atoms with Crippen molar-refractivity contribution in [2.45, 2.75) is 58.2 Å². The minimum atomic E-state index is -0.461. The van der Waals surface area contributed by atoms with Gasteiger partial charge in [-0.05, 0) is 57.0 Å². The fourth-order valence-corrected chi connectivity index (χ4v) is 4.02. The zero-order valence-corrected chi connectivity index (χ0v) is 15.8. The summed E-state index contributed by atoms with van der Waals surface area (Å²) in [7, 11) is 0. The highest BCUT2D eigenvalue weighted by Gasteiger charge is 2.42. The summed E-state index contributed by atoms with van der Waals surface area (Å²) in [4.78, 5) is 13.2. The van der Waals surface area contributed by atoms with Crippen LogP contribution in [-0.4, -0.2) is 40.7 Å². The zero-order chi connectivity index (χ0) is 18.7. The first kappa shape index (κ1) is 18.5. The Morgan fingerprint density at radius 3 is 2.50 bits per heavy atom. The number of nitrogens with zero attached hydrogens (tertiary/aromatic N) is 4. The molecule has 1 aromatic rings. The number of phenols is 1. The molecule has 0 bridgehead atoms. The number of benzene rings is 1. The largest absolute Gasteiger partial charge is 0.508 e. The first-order valence-electron chi connectivity index (χ1n) is 9.53. The second-order valence-corrected chi connectivity index (χ2v) is 7.09. The summed E-state index contributed by atoms with van der Waals surface area (Å²) in [6, 6.07) is 5.62. The molecule has 1 fully saturated rings. The predicted octanol–water partition coefficient (Wildman–Crippen LogP) is 2.34. The van der Waals surface area contributed by atoms with Crippen LogP contribution in [0, 0.1) is 0 Å². The molecule has 7 heteroatoms. The second-order valence-electron chi connectivity index (χ2n) is 7.09. The maximum atomic E-state index is 10.3. The number of anilines is 1. The number of phenolic OH excluding ortho intramolecular Hbond substituents is 1. The van der Waals surface area contributed by atoms with Crippen LogP contribution in [0.4, 0.5) is 5.69 Å². The minimum absolute atomic E-state index is 0.253. The zero-order valence-electron chi connectivity index (χ0n) is 15.8. The normalized spacial score (nSPS) is 19.6. The lowest BCUT2D eigenvalue weighted by molar-refractivity contribution is 0.290. The first-order chi connectivity index (χ1) is 12.5. The Morgan fingerprint density at radius 2 is 1.85 bits per heavy atom. The third-order valence-electron chi connectivity index (χ3n) is 5.46. The molecule has 0 radical (unpaired) electrons. The van der Waals surface area contributed by atoms with Crippen LogP contribution in [-0.2, 0) is 6.54 Å². The summed E-state index contributed by atoms with van der Waals surface area (Å²) in [6.07, 6.45) is 5.17. The fraction of sp³-hybridized carbons (Fsp3) is 0.579. The molecular weight excluding hydrogens is 328 g/mol. The number of aliphatic imine (C=N–C) groups is 2. The van der Waals surface area contributed by atoms with Crippen molar-refractivity contribution in [3.8, 4) is 5.75 Å². The average molecular weight is 358 g/mol. The molecule has 0 saturated heterocycles. The van der Waals surface area contributed by atoms with Gasteiger partial charge in [0, 0.05) is 17.8 Å². The van der Waals surface area contributed by atoms with Gasteiger partial charge in [0.1, 0.15) is 11.4 Å². The molecular formula is C19H30N6O. The average Bonchev–Trinajstić information content (AvgIpc) is 2.61. The van der Waals surface area contributed by atoms with Gasteiger partial charge in [-0.15, -0.1) is 0 Å².